The van der Waals surface area contributed by atoms with Gasteiger partial charge in [0.2, 0.25) is 0 Å². The Morgan fingerprint density at radius 2 is 2.10 bits per heavy atom. The van der Waals surface area contributed by atoms with E-state index in [4.69, 9.17) is 9.84 Å². The summed E-state index contributed by atoms with van der Waals surface area (Å²) in [5.74, 6) is 1.66. The molecule has 3 rings (SSSR count). The van der Waals surface area contributed by atoms with Gasteiger partial charge in [0.1, 0.15) is 5.75 Å². The molecule has 29 heavy (non-hydrogen) atoms. The quantitative estimate of drug-likeness (QED) is 0.469. The van der Waals surface area contributed by atoms with E-state index in [2.05, 4.69) is 54.3 Å². The van der Waals surface area contributed by atoms with Gasteiger partial charge in [-0.25, -0.2) is 0 Å². The first-order valence-electron chi connectivity index (χ1n) is 10.1. The lowest BCUT2D eigenvalue weighted by Crippen LogP contribution is -2.25. The predicted octanol–water partition coefficient (Wildman–Crippen LogP) is 6.31. The number of aliphatic carboxylic acids is 1. The van der Waals surface area contributed by atoms with Gasteiger partial charge in [-0.05, 0) is 42.9 Å². The number of fused-ring (bicyclic) bond motifs is 1. The van der Waals surface area contributed by atoms with Crippen LogP contribution >= 0.6 is 23.5 Å². The molecule has 0 fully saturated rings. The van der Waals surface area contributed by atoms with Crippen LogP contribution in [0.25, 0.3) is 0 Å². The number of carbonyl (C=O) groups is 1. The smallest absolute Gasteiger partial charge is 0.306 e. The minimum Gasteiger partial charge on any atom is -0.492 e. The topological polar surface area (TPSA) is 49.8 Å². The molecule has 0 spiro atoms. The summed E-state index contributed by atoms with van der Waals surface area (Å²) in [6, 6.07) is 14.9. The number of thioether (sulfide) groups is 2. The van der Waals surface area contributed by atoms with Crippen LogP contribution < -0.4 is 9.64 Å². The van der Waals surface area contributed by atoms with Crippen LogP contribution in [-0.4, -0.2) is 36.2 Å². The second-order valence-corrected chi connectivity index (χ2v) is 9.14. The van der Waals surface area contributed by atoms with Crippen LogP contribution in [0.1, 0.15) is 32.6 Å². The molecule has 0 aromatic heterocycles. The van der Waals surface area contributed by atoms with Crippen LogP contribution in [0.5, 0.6) is 5.75 Å². The van der Waals surface area contributed by atoms with E-state index in [-0.39, 0.29) is 13.0 Å². The van der Waals surface area contributed by atoms with Gasteiger partial charge < -0.3 is 14.7 Å². The number of nitrogens with zero attached hydrogens (tertiary/aromatic N) is 1. The van der Waals surface area contributed by atoms with Gasteiger partial charge in [0, 0.05) is 22.9 Å². The summed E-state index contributed by atoms with van der Waals surface area (Å²) in [5.41, 5.74) is 2.43. The minimum absolute atomic E-state index is 0.00722. The summed E-state index contributed by atoms with van der Waals surface area (Å²) in [7, 11) is 0. The molecule has 4 nitrogen and oxygen atoms in total. The van der Waals surface area contributed by atoms with Gasteiger partial charge >= 0.3 is 5.97 Å². The molecule has 1 aliphatic rings. The van der Waals surface area contributed by atoms with E-state index < -0.39 is 5.97 Å². The number of carboxylic acids is 1. The highest BCUT2D eigenvalue weighted by molar-refractivity contribution is 7.99. The fraction of sp³-hybridized carbons (Fsp3) is 0.435. The van der Waals surface area contributed by atoms with E-state index in [9.17, 15) is 4.79 Å². The molecule has 0 bridgehead atoms. The number of hydrogen-bond acceptors (Lipinski definition) is 5. The van der Waals surface area contributed by atoms with Gasteiger partial charge in [0.05, 0.1) is 23.6 Å². The van der Waals surface area contributed by atoms with Crippen LogP contribution in [0.4, 0.5) is 11.4 Å². The molecule has 2 aromatic rings. The largest absolute Gasteiger partial charge is 0.492 e. The lowest BCUT2D eigenvalue weighted by atomic mass is 10.0. The highest BCUT2D eigenvalue weighted by Crippen LogP contribution is 2.45. The third-order valence-corrected chi connectivity index (χ3v) is 7.09. The maximum atomic E-state index is 10.8. The molecule has 0 amide bonds. The molecule has 156 valence electrons. The molecule has 1 aliphatic heterocycles. The molecule has 0 aliphatic carbocycles. The van der Waals surface area contributed by atoms with Crippen LogP contribution in [0.3, 0.4) is 0 Å². The van der Waals surface area contributed by atoms with Crippen LogP contribution in [0.15, 0.2) is 52.3 Å². The molecular weight excluding hydrogens is 402 g/mol. The Balaban J connectivity index is 1.95. The normalized spacial score (nSPS) is 16.2. The van der Waals surface area contributed by atoms with Gasteiger partial charge in [-0.2, -0.15) is 0 Å². The summed E-state index contributed by atoms with van der Waals surface area (Å²) >= 11 is 3.53. The summed E-state index contributed by atoms with van der Waals surface area (Å²) in [5, 5.41) is 8.91. The molecule has 1 heterocycles. The maximum absolute atomic E-state index is 10.8. The minimum atomic E-state index is -0.839. The van der Waals surface area contributed by atoms with Gasteiger partial charge in [-0.3, -0.25) is 4.79 Å². The fourth-order valence-electron chi connectivity index (χ4n) is 3.51. The van der Waals surface area contributed by atoms with E-state index in [1.807, 2.05) is 18.0 Å². The second-order valence-electron chi connectivity index (χ2n) is 7.23. The molecule has 0 saturated carbocycles. The molecular formula is C23H29NO3S2. The Morgan fingerprint density at radius 3 is 2.79 bits per heavy atom. The second kappa shape index (κ2) is 10.8. The average molecular weight is 432 g/mol. The maximum Gasteiger partial charge on any atom is 0.306 e. The molecule has 2 aromatic carbocycles. The molecule has 1 unspecified atom stereocenters. The van der Waals surface area contributed by atoms with Crippen molar-refractivity contribution in [1.82, 2.24) is 0 Å². The Hall–Kier alpha value is -1.79. The number of unbranched alkanes of at least 4 members (excludes halogenated alkanes) is 1. The van der Waals surface area contributed by atoms with Crippen molar-refractivity contribution in [3.05, 3.63) is 42.5 Å². The van der Waals surface area contributed by atoms with Crippen LogP contribution in [-0.2, 0) is 4.79 Å². The zero-order chi connectivity index (χ0) is 20.6. The predicted molar refractivity (Wildman–Crippen MR) is 123 cm³/mol. The van der Waals surface area contributed by atoms with E-state index in [1.54, 1.807) is 11.8 Å². The summed E-state index contributed by atoms with van der Waals surface area (Å²) in [6.07, 6.45) is 5.75. The van der Waals surface area contributed by atoms with Gasteiger partial charge in [0.15, 0.2) is 0 Å². The summed E-state index contributed by atoms with van der Waals surface area (Å²) in [4.78, 5) is 15.5. The fourth-order valence-corrected chi connectivity index (χ4v) is 5.26. The number of carboxylic acid groups (broad SMARTS) is 1. The highest BCUT2D eigenvalue weighted by Gasteiger charge is 2.25. The van der Waals surface area contributed by atoms with E-state index in [0.717, 1.165) is 22.9 Å². The monoisotopic (exact) mass is 431 g/mol. The van der Waals surface area contributed by atoms with E-state index in [1.165, 1.54) is 35.5 Å². The van der Waals surface area contributed by atoms with Gasteiger partial charge in [-0.1, -0.05) is 38.0 Å². The Labute approximate surface area is 182 Å². The van der Waals surface area contributed by atoms with Crippen molar-refractivity contribution in [1.29, 1.82) is 0 Å². The number of anilines is 2. The van der Waals surface area contributed by atoms with Crippen LogP contribution in [0, 0.1) is 5.92 Å². The van der Waals surface area contributed by atoms with Crippen molar-refractivity contribution >= 4 is 40.9 Å². The van der Waals surface area contributed by atoms with Crippen molar-refractivity contribution in [3.8, 4) is 5.75 Å². The number of benzene rings is 2. The van der Waals surface area contributed by atoms with E-state index in [0.29, 0.717) is 5.92 Å². The van der Waals surface area contributed by atoms with Crippen molar-refractivity contribution in [3.63, 3.8) is 0 Å². The first-order chi connectivity index (χ1) is 14.1. The number of ether oxygens (including phenoxy) is 1. The van der Waals surface area contributed by atoms with Gasteiger partial charge in [0.25, 0.3) is 0 Å². The number of rotatable bonds is 9. The molecule has 0 radical (unpaired) electrons. The van der Waals surface area contributed by atoms with Crippen molar-refractivity contribution in [2.24, 2.45) is 5.92 Å². The van der Waals surface area contributed by atoms with Crippen molar-refractivity contribution < 1.29 is 14.6 Å². The molecule has 0 saturated heterocycles. The number of para-hydroxylation sites is 1. The molecule has 6 heteroatoms. The molecule has 1 N–H and O–H groups in total. The summed E-state index contributed by atoms with van der Waals surface area (Å²) < 4.78 is 5.84. The Bertz CT molecular complexity index is 813. The lowest BCUT2D eigenvalue weighted by molar-refractivity contribution is -0.137. The Morgan fingerprint density at radius 1 is 1.31 bits per heavy atom. The third-order valence-electron chi connectivity index (χ3n) is 5.06. The SMILES string of the molecule is CCCCC1CSc2cc(OCCC(=O)O)c(SC)cc2N(c2ccccc2)C1. The Kier molecular flexibility index (Phi) is 8.19. The van der Waals surface area contributed by atoms with Crippen molar-refractivity contribution in [2.45, 2.75) is 42.4 Å². The highest BCUT2D eigenvalue weighted by atomic mass is 32.2. The van der Waals surface area contributed by atoms with Gasteiger partial charge in [-0.15, -0.1) is 23.5 Å². The van der Waals surface area contributed by atoms with E-state index >= 15 is 0 Å². The standard InChI is InChI=1S/C23H29NO3S2/c1-3-4-8-17-15-24(18-9-6-5-7-10-18)19-13-22(28-2)20(14-21(19)29-16-17)27-12-11-23(25)26/h5-7,9-10,13-14,17H,3-4,8,11-12,15-16H2,1-2H3,(H,25,26). The first kappa shape index (κ1) is 21.9. The van der Waals surface area contributed by atoms with Crippen molar-refractivity contribution in [2.75, 3.05) is 30.1 Å². The zero-order valence-electron chi connectivity index (χ0n) is 17.1. The van der Waals surface area contributed by atoms with Crippen LogP contribution in [0.2, 0.25) is 0 Å². The summed E-state index contributed by atoms with van der Waals surface area (Å²) in [6.45, 7) is 3.45. The zero-order valence-corrected chi connectivity index (χ0v) is 18.7. The lowest BCUT2D eigenvalue weighted by Gasteiger charge is -2.28. The average Bonchev–Trinajstić information content (AvgIpc) is 2.91. The third kappa shape index (κ3) is 5.86. The molecule has 1 atom stereocenters. The first-order valence-corrected chi connectivity index (χ1v) is 12.4. The number of hydrogen-bond donors (Lipinski definition) is 1.